The quantitative estimate of drug-likeness (QED) is 0.305. The fraction of sp³-hybridized carbons (Fsp3) is 0.353. The van der Waals surface area contributed by atoms with Crippen LogP contribution in [0.15, 0.2) is 48.5 Å². The van der Waals surface area contributed by atoms with Gasteiger partial charge in [-0.05, 0) is 91.1 Å². The molecule has 5 heteroatoms. The summed E-state index contributed by atoms with van der Waals surface area (Å²) >= 11 is 0. The van der Waals surface area contributed by atoms with Gasteiger partial charge in [0.05, 0.1) is 18.8 Å². The molecule has 3 aromatic rings. The van der Waals surface area contributed by atoms with Crippen molar-refractivity contribution in [2.75, 3.05) is 7.11 Å². The fourth-order valence-electron chi connectivity index (χ4n) is 6.30. The molecule has 3 N–H and O–H groups in total. The van der Waals surface area contributed by atoms with E-state index in [1.807, 2.05) is 55.5 Å². The van der Waals surface area contributed by atoms with E-state index in [2.05, 4.69) is 26.8 Å². The van der Waals surface area contributed by atoms with Crippen molar-refractivity contribution in [1.82, 2.24) is 0 Å². The lowest BCUT2D eigenvalue weighted by Gasteiger charge is -2.55. The summed E-state index contributed by atoms with van der Waals surface area (Å²) in [6.07, 6.45) is 9.34. The molecule has 3 atom stereocenters. The van der Waals surface area contributed by atoms with Gasteiger partial charge in [0.1, 0.15) is 17.1 Å². The largest absolute Gasteiger partial charge is 0.507 e. The average Bonchev–Trinajstić information content (AvgIpc) is 2.88. The lowest BCUT2D eigenvalue weighted by Crippen LogP contribution is -2.58. The Kier molecular flexibility index (Phi) is 6.98. The Hall–Kier alpha value is -3.70. The van der Waals surface area contributed by atoms with Crippen molar-refractivity contribution in [2.45, 2.75) is 58.7 Å². The molecule has 0 unspecified atom stereocenters. The minimum absolute atomic E-state index is 0.00680. The average molecular weight is 527 g/mol. The van der Waals surface area contributed by atoms with Crippen LogP contribution < -0.4 is 9.47 Å². The highest BCUT2D eigenvalue weighted by atomic mass is 16.5. The van der Waals surface area contributed by atoms with Crippen molar-refractivity contribution >= 4 is 24.3 Å². The molecule has 3 aromatic carbocycles. The molecule has 0 amide bonds. The number of aryl methyl sites for hydroxylation is 1. The summed E-state index contributed by atoms with van der Waals surface area (Å²) in [5.74, 6) is 1.64. The molecule has 39 heavy (non-hydrogen) atoms. The van der Waals surface area contributed by atoms with Gasteiger partial charge in [0.2, 0.25) is 0 Å². The van der Waals surface area contributed by atoms with Gasteiger partial charge in [0.25, 0.3) is 0 Å². The molecule has 1 aliphatic carbocycles. The van der Waals surface area contributed by atoms with Gasteiger partial charge >= 0.3 is 0 Å². The van der Waals surface area contributed by atoms with Crippen molar-refractivity contribution in [3.05, 3.63) is 81.9 Å². The smallest absolute Gasteiger partial charge is 0.165 e. The fourth-order valence-corrected chi connectivity index (χ4v) is 6.30. The summed E-state index contributed by atoms with van der Waals surface area (Å²) in [5.41, 5.74) is 4.55. The van der Waals surface area contributed by atoms with Crippen molar-refractivity contribution in [1.29, 1.82) is 0 Å². The molecule has 1 saturated carbocycles. The molecule has 0 spiro atoms. The second kappa shape index (κ2) is 10.1. The molecular formula is C34H38O5. The third-order valence-corrected chi connectivity index (χ3v) is 8.65. The van der Waals surface area contributed by atoms with E-state index in [4.69, 9.17) is 9.47 Å². The van der Waals surface area contributed by atoms with Crippen LogP contribution in [0.25, 0.3) is 24.3 Å². The number of phenols is 2. The molecule has 1 fully saturated rings. The van der Waals surface area contributed by atoms with E-state index in [9.17, 15) is 15.3 Å². The van der Waals surface area contributed by atoms with Gasteiger partial charge in [0, 0.05) is 5.92 Å². The third-order valence-electron chi connectivity index (χ3n) is 8.65. The summed E-state index contributed by atoms with van der Waals surface area (Å²) in [7, 11) is 1.65. The van der Waals surface area contributed by atoms with Gasteiger partial charge in [-0.15, -0.1) is 0 Å². The topological polar surface area (TPSA) is 79.2 Å². The number of hydrogen-bond donors (Lipinski definition) is 3. The predicted octanol–water partition coefficient (Wildman–Crippen LogP) is 7.25. The Labute approximate surface area is 231 Å². The Balaban J connectivity index is 1.42. The molecule has 5 nitrogen and oxygen atoms in total. The summed E-state index contributed by atoms with van der Waals surface area (Å²) in [4.78, 5) is 0. The number of fused-ring (bicyclic) bond motifs is 2. The first-order valence-corrected chi connectivity index (χ1v) is 13.6. The maximum absolute atomic E-state index is 10.7. The minimum Gasteiger partial charge on any atom is -0.507 e. The molecular weight excluding hydrogens is 488 g/mol. The molecule has 0 aromatic heterocycles. The molecule has 0 bridgehead atoms. The van der Waals surface area contributed by atoms with Crippen LogP contribution in [0.4, 0.5) is 0 Å². The van der Waals surface area contributed by atoms with Gasteiger partial charge < -0.3 is 24.8 Å². The van der Waals surface area contributed by atoms with Gasteiger partial charge in [-0.3, -0.25) is 0 Å². The Bertz CT molecular complexity index is 1430. The maximum Gasteiger partial charge on any atom is 0.165 e. The summed E-state index contributed by atoms with van der Waals surface area (Å²) in [5, 5.41) is 32.0. The first kappa shape index (κ1) is 26.9. The zero-order valence-electron chi connectivity index (χ0n) is 23.4. The molecule has 0 saturated heterocycles. The lowest BCUT2D eigenvalue weighted by atomic mass is 9.57. The number of phenolic OH excluding ortho intramolecular Hbond substituents is 2. The number of aliphatic hydroxyl groups is 1. The maximum atomic E-state index is 10.7. The molecule has 204 valence electrons. The predicted molar refractivity (Wildman–Crippen MR) is 157 cm³/mol. The molecule has 2 aliphatic rings. The van der Waals surface area contributed by atoms with E-state index in [1.165, 1.54) is 0 Å². The van der Waals surface area contributed by atoms with Crippen LogP contribution in [-0.2, 0) is 6.42 Å². The van der Waals surface area contributed by atoms with E-state index >= 15 is 0 Å². The van der Waals surface area contributed by atoms with Crippen molar-refractivity contribution in [3.63, 3.8) is 0 Å². The molecule has 5 rings (SSSR count). The van der Waals surface area contributed by atoms with E-state index in [-0.39, 0.29) is 34.5 Å². The van der Waals surface area contributed by atoms with E-state index in [0.717, 1.165) is 47.3 Å². The number of aliphatic hydroxyl groups excluding tert-OH is 1. The van der Waals surface area contributed by atoms with Crippen LogP contribution in [-0.4, -0.2) is 34.1 Å². The van der Waals surface area contributed by atoms with Gasteiger partial charge in [0.15, 0.2) is 11.5 Å². The van der Waals surface area contributed by atoms with Crippen molar-refractivity contribution in [3.8, 4) is 23.0 Å². The second-order valence-electron chi connectivity index (χ2n) is 11.8. The SMILES string of the molecule is COc1cc(/C=C/c2cc(O)c(/C=C/c3cccc(C)c3)c(O)c2)cc2c1O[C@]1(C)CC[C@@H](O)C(C)(C)[C@H]1C2. The highest BCUT2D eigenvalue weighted by Gasteiger charge is 2.54. The minimum atomic E-state index is -0.360. The van der Waals surface area contributed by atoms with Gasteiger partial charge in [-0.1, -0.05) is 61.9 Å². The van der Waals surface area contributed by atoms with E-state index < -0.39 is 0 Å². The van der Waals surface area contributed by atoms with Crippen LogP contribution in [0.2, 0.25) is 0 Å². The lowest BCUT2D eigenvalue weighted by molar-refractivity contribution is -0.138. The van der Waals surface area contributed by atoms with E-state index in [1.54, 1.807) is 25.3 Å². The van der Waals surface area contributed by atoms with Crippen LogP contribution in [0, 0.1) is 18.3 Å². The van der Waals surface area contributed by atoms with Crippen LogP contribution in [0.3, 0.4) is 0 Å². The first-order chi connectivity index (χ1) is 18.5. The number of rotatable bonds is 5. The molecule has 1 aliphatic heterocycles. The first-order valence-electron chi connectivity index (χ1n) is 13.6. The zero-order valence-corrected chi connectivity index (χ0v) is 23.4. The van der Waals surface area contributed by atoms with Crippen LogP contribution in [0.5, 0.6) is 23.0 Å². The summed E-state index contributed by atoms with van der Waals surface area (Å²) < 4.78 is 12.4. The van der Waals surface area contributed by atoms with Crippen molar-refractivity contribution in [2.24, 2.45) is 11.3 Å². The number of hydrogen-bond acceptors (Lipinski definition) is 5. The molecule has 0 radical (unpaired) electrons. The summed E-state index contributed by atoms with van der Waals surface area (Å²) in [6.45, 7) is 8.44. The second-order valence-corrected chi connectivity index (χ2v) is 11.8. The summed E-state index contributed by atoms with van der Waals surface area (Å²) in [6, 6.07) is 15.3. The monoisotopic (exact) mass is 526 g/mol. The number of benzene rings is 3. The molecule has 1 heterocycles. The number of ether oxygens (including phenoxy) is 2. The van der Waals surface area contributed by atoms with Crippen LogP contribution >= 0.6 is 0 Å². The van der Waals surface area contributed by atoms with Gasteiger partial charge in [-0.25, -0.2) is 0 Å². The Morgan fingerprint density at radius 3 is 2.23 bits per heavy atom. The third kappa shape index (κ3) is 5.16. The van der Waals surface area contributed by atoms with E-state index in [0.29, 0.717) is 16.9 Å². The standard InChI is InChI=1S/C34H38O5/c1-21-7-6-8-22(15-21)11-12-26-27(35)17-24(18-28(26)36)10-9-23-16-25-20-30-33(2,3)31(37)13-14-34(30,4)39-32(25)29(19-23)38-5/h6-12,15-19,30-31,35-37H,13-14,20H2,1-5H3/b10-9+,12-11+/t30-,31-,34-/m1/s1. The Morgan fingerprint density at radius 2 is 1.56 bits per heavy atom. The zero-order chi connectivity index (χ0) is 27.9. The highest BCUT2D eigenvalue weighted by Crippen LogP contribution is 2.55. The highest BCUT2D eigenvalue weighted by molar-refractivity contribution is 5.79. The van der Waals surface area contributed by atoms with Gasteiger partial charge in [-0.2, -0.15) is 0 Å². The normalized spacial score (nSPS) is 23.8. The van der Waals surface area contributed by atoms with Crippen molar-refractivity contribution < 1.29 is 24.8 Å². The number of aromatic hydroxyl groups is 2. The number of methoxy groups -OCH3 is 1. The Morgan fingerprint density at radius 1 is 0.897 bits per heavy atom. The van der Waals surface area contributed by atoms with Crippen LogP contribution in [0.1, 0.15) is 67.0 Å².